The van der Waals surface area contributed by atoms with Crippen LogP contribution in [0.25, 0.3) is 16.6 Å². The van der Waals surface area contributed by atoms with E-state index in [1.165, 1.54) is 21.9 Å². The second-order valence-electron chi connectivity index (χ2n) is 4.88. The fraction of sp³-hybridized carbons (Fsp3) is 0.133. The maximum Gasteiger partial charge on any atom is 0.272 e. The molecule has 0 saturated carbocycles. The van der Waals surface area contributed by atoms with Gasteiger partial charge in [-0.2, -0.15) is 9.50 Å². The Labute approximate surface area is 125 Å². The average molecular weight is 295 g/mol. The summed E-state index contributed by atoms with van der Waals surface area (Å²) in [5, 5.41) is 14.6. The van der Waals surface area contributed by atoms with E-state index in [9.17, 15) is 0 Å². The summed E-state index contributed by atoms with van der Waals surface area (Å²) in [6, 6.07) is 12.8. The molecule has 21 heavy (non-hydrogen) atoms. The molecule has 0 fully saturated rings. The number of aryl methyl sites for hydroxylation is 1. The van der Waals surface area contributed by atoms with Crippen molar-refractivity contribution in [3.05, 3.63) is 53.9 Å². The van der Waals surface area contributed by atoms with Crippen molar-refractivity contribution in [2.75, 3.05) is 0 Å². The molecule has 0 aliphatic rings. The van der Waals surface area contributed by atoms with Gasteiger partial charge in [-0.05, 0) is 28.8 Å². The van der Waals surface area contributed by atoms with E-state index in [1.807, 2.05) is 0 Å². The fourth-order valence-electron chi connectivity index (χ4n) is 2.47. The number of hydrogen-bond acceptors (Lipinski definition) is 4. The summed E-state index contributed by atoms with van der Waals surface area (Å²) in [6.45, 7) is 2.15. The summed E-state index contributed by atoms with van der Waals surface area (Å²) in [6.07, 6.45) is 1.62. The number of fused-ring (bicyclic) bond motifs is 2. The normalized spacial score (nSPS) is 11.5. The minimum atomic E-state index is 0.604. The summed E-state index contributed by atoms with van der Waals surface area (Å²) in [5.74, 6) is 1.46. The second-order valence-corrected chi connectivity index (χ2v) is 5.82. The highest BCUT2D eigenvalue weighted by Crippen LogP contribution is 2.28. The van der Waals surface area contributed by atoms with Crippen LogP contribution in [0.5, 0.6) is 0 Å². The number of thioether (sulfide) groups is 1. The molecule has 0 unspecified atom stereocenters. The predicted octanol–water partition coefficient (Wildman–Crippen LogP) is 3.21. The van der Waals surface area contributed by atoms with Gasteiger partial charge in [-0.3, -0.25) is 5.10 Å². The zero-order valence-electron chi connectivity index (χ0n) is 11.4. The summed E-state index contributed by atoms with van der Waals surface area (Å²) in [7, 11) is 0. The molecule has 0 radical (unpaired) electrons. The maximum absolute atomic E-state index is 4.16. The van der Waals surface area contributed by atoms with E-state index in [-0.39, 0.29) is 0 Å². The van der Waals surface area contributed by atoms with Gasteiger partial charge in [-0.15, -0.1) is 10.2 Å². The molecule has 0 amide bonds. The lowest BCUT2D eigenvalue weighted by molar-refractivity contribution is 0.821. The Hall–Kier alpha value is -2.34. The van der Waals surface area contributed by atoms with Crippen molar-refractivity contribution < 1.29 is 0 Å². The zero-order chi connectivity index (χ0) is 14.2. The van der Waals surface area contributed by atoms with E-state index in [2.05, 4.69) is 63.6 Å². The van der Waals surface area contributed by atoms with Crippen LogP contribution in [0.3, 0.4) is 0 Å². The van der Waals surface area contributed by atoms with E-state index in [0.29, 0.717) is 5.78 Å². The Kier molecular flexibility index (Phi) is 2.89. The summed E-state index contributed by atoms with van der Waals surface area (Å²) in [5.41, 5.74) is 2.64. The van der Waals surface area contributed by atoms with Crippen molar-refractivity contribution in [3.63, 3.8) is 0 Å². The Morgan fingerprint density at radius 1 is 1.14 bits per heavy atom. The molecule has 0 saturated heterocycles. The molecule has 0 bridgehead atoms. The smallest absolute Gasteiger partial charge is 0.272 e. The minimum absolute atomic E-state index is 0.604. The molecule has 4 rings (SSSR count). The number of rotatable bonds is 3. The van der Waals surface area contributed by atoms with Gasteiger partial charge in [0.1, 0.15) is 6.33 Å². The second kappa shape index (κ2) is 4.89. The largest absolute Gasteiger partial charge is 0.278 e. The summed E-state index contributed by atoms with van der Waals surface area (Å²) in [4.78, 5) is 4.08. The highest BCUT2D eigenvalue weighted by molar-refractivity contribution is 7.98. The van der Waals surface area contributed by atoms with Crippen LogP contribution in [0, 0.1) is 6.92 Å². The molecule has 5 nitrogen and oxygen atoms in total. The topological polar surface area (TPSA) is 58.9 Å². The third-order valence-electron chi connectivity index (χ3n) is 3.60. The molecule has 1 N–H and O–H groups in total. The first-order chi connectivity index (χ1) is 10.3. The zero-order valence-corrected chi connectivity index (χ0v) is 12.3. The van der Waals surface area contributed by atoms with Gasteiger partial charge in [0.05, 0.1) is 0 Å². The lowest BCUT2D eigenvalue weighted by Crippen LogP contribution is -1.92. The van der Waals surface area contributed by atoms with E-state index in [1.54, 1.807) is 22.6 Å². The average Bonchev–Trinajstić information content (AvgIpc) is 3.10. The fourth-order valence-corrected chi connectivity index (χ4v) is 3.49. The molecule has 0 spiro atoms. The van der Waals surface area contributed by atoms with Gasteiger partial charge < -0.3 is 0 Å². The number of benzene rings is 2. The molecule has 4 aromatic rings. The highest BCUT2D eigenvalue weighted by atomic mass is 32.2. The Morgan fingerprint density at radius 3 is 3.00 bits per heavy atom. The lowest BCUT2D eigenvalue weighted by atomic mass is 10.0. The predicted molar refractivity (Wildman–Crippen MR) is 83.4 cm³/mol. The lowest BCUT2D eigenvalue weighted by Gasteiger charge is -2.09. The monoisotopic (exact) mass is 295 g/mol. The molecular weight excluding hydrogens is 282 g/mol. The van der Waals surface area contributed by atoms with E-state index in [4.69, 9.17) is 0 Å². The van der Waals surface area contributed by atoms with Crippen molar-refractivity contribution in [2.24, 2.45) is 0 Å². The summed E-state index contributed by atoms with van der Waals surface area (Å²) >= 11 is 1.66. The Bertz CT molecular complexity index is 924. The van der Waals surface area contributed by atoms with Crippen LogP contribution < -0.4 is 0 Å². The molecule has 104 valence electrons. The van der Waals surface area contributed by atoms with Gasteiger partial charge >= 0.3 is 0 Å². The maximum atomic E-state index is 4.16. The third kappa shape index (κ3) is 2.08. The summed E-state index contributed by atoms with van der Waals surface area (Å²) < 4.78 is 1.80. The van der Waals surface area contributed by atoms with Gasteiger partial charge in [-0.25, -0.2) is 0 Å². The van der Waals surface area contributed by atoms with Crippen LogP contribution in [-0.4, -0.2) is 24.8 Å². The minimum Gasteiger partial charge on any atom is -0.278 e. The van der Waals surface area contributed by atoms with Gasteiger partial charge in [-0.1, -0.05) is 48.2 Å². The first-order valence-corrected chi connectivity index (χ1v) is 7.66. The van der Waals surface area contributed by atoms with Crippen LogP contribution in [0.1, 0.15) is 11.1 Å². The Balaban J connectivity index is 1.71. The molecule has 0 aliphatic carbocycles. The van der Waals surface area contributed by atoms with E-state index in [0.717, 1.165) is 10.9 Å². The van der Waals surface area contributed by atoms with Crippen molar-refractivity contribution in [1.82, 2.24) is 24.8 Å². The first kappa shape index (κ1) is 12.4. The molecule has 2 heterocycles. The van der Waals surface area contributed by atoms with Crippen LogP contribution in [0.2, 0.25) is 0 Å². The quantitative estimate of drug-likeness (QED) is 0.590. The number of nitrogens with one attached hydrogen (secondary N) is 1. The van der Waals surface area contributed by atoms with Gasteiger partial charge in [0.15, 0.2) is 0 Å². The van der Waals surface area contributed by atoms with Gasteiger partial charge in [0.25, 0.3) is 5.78 Å². The van der Waals surface area contributed by atoms with E-state index < -0.39 is 0 Å². The standard InChI is InChI=1S/C15H13N5S/c1-10-6-7-11-4-2-3-5-12(11)13(10)8-21-15-19-18-14-16-9-17-20(14)15/h2-7,9H,8H2,1H3,(H,16,17,18). The third-order valence-corrected chi connectivity index (χ3v) is 4.56. The first-order valence-electron chi connectivity index (χ1n) is 6.67. The number of hydrogen-bond donors (Lipinski definition) is 1. The molecule has 2 aromatic carbocycles. The van der Waals surface area contributed by atoms with Crippen molar-refractivity contribution in [3.8, 4) is 0 Å². The number of nitrogens with zero attached hydrogens (tertiary/aromatic N) is 4. The molecule has 0 aliphatic heterocycles. The van der Waals surface area contributed by atoms with Crippen LogP contribution in [0.15, 0.2) is 47.9 Å². The van der Waals surface area contributed by atoms with Crippen LogP contribution in [-0.2, 0) is 5.75 Å². The van der Waals surface area contributed by atoms with E-state index >= 15 is 0 Å². The SMILES string of the molecule is Cc1ccc2ccccc2c1CSc1nnc2nc[nH]n12. The van der Waals surface area contributed by atoms with Gasteiger partial charge in [0, 0.05) is 5.75 Å². The number of aromatic nitrogens is 5. The van der Waals surface area contributed by atoms with Crippen molar-refractivity contribution >= 4 is 28.3 Å². The van der Waals surface area contributed by atoms with Crippen LogP contribution >= 0.6 is 11.8 Å². The molecule has 0 atom stereocenters. The van der Waals surface area contributed by atoms with Gasteiger partial charge in [0.2, 0.25) is 5.16 Å². The van der Waals surface area contributed by atoms with Crippen molar-refractivity contribution in [2.45, 2.75) is 17.8 Å². The molecule has 6 heteroatoms. The highest BCUT2D eigenvalue weighted by Gasteiger charge is 2.10. The molecular formula is C15H13N5S. The van der Waals surface area contributed by atoms with Crippen molar-refractivity contribution in [1.29, 1.82) is 0 Å². The number of aromatic amines is 1. The molecule has 2 aromatic heterocycles. The number of H-pyrrole nitrogens is 1. The van der Waals surface area contributed by atoms with Crippen LogP contribution in [0.4, 0.5) is 0 Å². The Morgan fingerprint density at radius 2 is 2.05 bits per heavy atom.